The van der Waals surface area contributed by atoms with Gasteiger partial charge in [-0.1, -0.05) is 36.4 Å². The minimum absolute atomic E-state index is 0. The summed E-state index contributed by atoms with van der Waals surface area (Å²) in [5.41, 5.74) is 3.84. The van der Waals surface area contributed by atoms with Gasteiger partial charge in [-0.15, -0.1) is 0 Å². The summed E-state index contributed by atoms with van der Waals surface area (Å²) in [4.78, 5) is 13.6. The maximum atomic E-state index is 11.2. The molecule has 0 radical (unpaired) electrons. The SMILES string of the molecule is COc1ccc(C2(c3ccc(OC)cc3)CCCN(Cc3ccc(C(=O)O)cc3)C2)cc1.[H-].[Li+]. The Morgan fingerprint density at radius 2 is 1.42 bits per heavy atom. The van der Waals surface area contributed by atoms with E-state index in [9.17, 15) is 4.79 Å². The average molecular weight is 439 g/mol. The van der Waals surface area contributed by atoms with Crippen LogP contribution in [0.15, 0.2) is 72.8 Å². The van der Waals surface area contributed by atoms with Crippen molar-refractivity contribution in [2.75, 3.05) is 27.3 Å². The van der Waals surface area contributed by atoms with Gasteiger partial charge < -0.3 is 16.0 Å². The van der Waals surface area contributed by atoms with Crippen LogP contribution in [0.1, 0.15) is 41.3 Å². The van der Waals surface area contributed by atoms with E-state index >= 15 is 0 Å². The van der Waals surface area contributed by atoms with E-state index in [1.165, 1.54) is 11.1 Å². The molecule has 3 aromatic rings. The van der Waals surface area contributed by atoms with Crippen molar-refractivity contribution >= 4 is 5.97 Å². The van der Waals surface area contributed by atoms with Crippen LogP contribution >= 0.6 is 0 Å². The fourth-order valence-corrected chi connectivity index (χ4v) is 4.75. The number of ether oxygens (including phenoxy) is 2. The molecule has 33 heavy (non-hydrogen) atoms. The first-order valence-electron chi connectivity index (χ1n) is 10.9. The van der Waals surface area contributed by atoms with Gasteiger partial charge in [0.2, 0.25) is 0 Å². The molecule has 0 aliphatic carbocycles. The zero-order chi connectivity index (χ0) is 22.6. The maximum Gasteiger partial charge on any atom is 1.00 e. The zero-order valence-corrected chi connectivity index (χ0v) is 19.6. The predicted octanol–water partition coefficient (Wildman–Crippen LogP) is 2.10. The molecular formula is C27H30LiNO4. The largest absolute Gasteiger partial charge is 1.00 e. The van der Waals surface area contributed by atoms with E-state index in [2.05, 4.69) is 29.2 Å². The molecule has 3 aromatic carbocycles. The van der Waals surface area contributed by atoms with Gasteiger partial charge >= 0.3 is 24.8 Å². The minimum Gasteiger partial charge on any atom is -1.00 e. The Bertz CT molecular complexity index is 1010. The molecule has 1 heterocycles. The van der Waals surface area contributed by atoms with Gasteiger partial charge in [-0.25, -0.2) is 4.79 Å². The van der Waals surface area contributed by atoms with Crippen LogP contribution in [0.2, 0.25) is 0 Å². The molecule has 1 N–H and O–H groups in total. The Balaban J connectivity index is 0.00000204. The van der Waals surface area contributed by atoms with E-state index in [0.29, 0.717) is 5.56 Å². The monoisotopic (exact) mass is 439 g/mol. The normalized spacial score (nSPS) is 15.3. The van der Waals surface area contributed by atoms with Crippen molar-refractivity contribution in [2.24, 2.45) is 0 Å². The van der Waals surface area contributed by atoms with Crippen LogP contribution in [0.3, 0.4) is 0 Å². The fourth-order valence-electron chi connectivity index (χ4n) is 4.75. The molecule has 1 aliphatic rings. The second kappa shape index (κ2) is 10.9. The standard InChI is InChI=1S/C27H29NO4.Li.H/c1-31-24-12-8-22(9-13-24)27(23-10-14-25(32-2)15-11-23)16-3-17-28(19-27)18-20-4-6-21(7-5-20)26(29)30;;/h4-15H,3,16-19H2,1-2H3,(H,29,30);;/q;+1;-1. The molecule has 168 valence electrons. The summed E-state index contributed by atoms with van der Waals surface area (Å²) in [7, 11) is 3.37. The quantitative estimate of drug-likeness (QED) is 0.572. The summed E-state index contributed by atoms with van der Waals surface area (Å²) in [6.45, 7) is 2.68. The Morgan fingerprint density at radius 3 is 1.88 bits per heavy atom. The number of rotatable bonds is 7. The summed E-state index contributed by atoms with van der Waals surface area (Å²) in [6.07, 6.45) is 2.13. The molecule has 0 bridgehead atoms. The number of benzene rings is 3. The second-order valence-corrected chi connectivity index (χ2v) is 8.36. The first-order chi connectivity index (χ1) is 15.5. The number of methoxy groups -OCH3 is 2. The third kappa shape index (κ3) is 5.44. The van der Waals surface area contributed by atoms with Crippen LogP contribution < -0.4 is 28.3 Å². The third-order valence-electron chi connectivity index (χ3n) is 6.46. The van der Waals surface area contributed by atoms with Crippen molar-refractivity contribution in [2.45, 2.75) is 24.8 Å². The smallest absolute Gasteiger partial charge is 1.00 e. The zero-order valence-electron chi connectivity index (χ0n) is 20.6. The number of nitrogens with zero attached hydrogens (tertiary/aromatic N) is 1. The molecule has 0 aromatic heterocycles. The summed E-state index contributed by atoms with van der Waals surface area (Å²) in [6, 6.07) is 24.0. The first kappa shape index (κ1) is 24.9. The number of hydrogen-bond acceptors (Lipinski definition) is 4. The fraction of sp³-hybridized carbons (Fsp3) is 0.296. The topological polar surface area (TPSA) is 59.0 Å². The van der Waals surface area contributed by atoms with Gasteiger partial charge in [0.1, 0.15) is 11.5 Å². The molecule has 1 fully saturated rings. The van der Waals surface area contributed by atoms with Gasteiger partial charge in [-0.05, 0) is 72.5 Å². The number of carboxylic acid groups (broad SMARTS) is 1. The van der Waals surface area contributed by atoms with Gasteiger partial charge in [0.25, 0.3) is 0 Å². The van der Waals surface area contributed by atoms with E-state index in [1.807, 2.05) is 36.4 Å². The Kier molecular flexibility index (Phi) is 8.26. The third-order valence-corrected chi connectivity index (χ3v) is 6.46. The van der Waals surface area contributed by atoms with Crippen molar-refractivity contribution in [3.63, 3.8) is 0 Å². The Labute approximate surface area is 209 Å². The van der Waals surface area contributed by atoms with Gasteiger partial charge in [-0.2, -0.15) is 0 Å². The van der Waals surface area contributed by atoms with Gasteiger partial charge in [0.05, 0.1) is 19.8 Å². The molecule has 0 spiro atoms. The van der Waals surface area contributed by atoms with Gasteiger partial charge in [0.15, 0.2) is 0 Å². The molecular weight excluding hydrogens is 409 g/mol. The number of carboxylic acids is 1. The van der Waals surface area contributed by atoms with Crippen molar-refractivity contribution in [3.8, 4) is 11.5 Å². The predicted molar refractivity (Wildman–Crippen MR) is 126 cm³/mol. The molecule has 4 rings (SSSR count). The van der Waals surface area contributed by atoms with Crippen LogP contribution in [0.5, 0.6) is 11.5 Å². The summed E-state index contributed by atoms with van der Waals surface area (Å²) in [5, 5.41) is 9.16. The summed E-state index contributed by atoms with van der Waals surface area (Å²) < 4.78 is 10.8. The van der Waals surface area contributed by atoms with Gasteiger partial charge in [0, 0.05) is 18.5 Å². The number of carbonyl (C=O) groups is 1. The second-order valence-electron chi connectivity index (χ2n) is 8.36. The number of aromatic carboxylic acids is 1. The van der Waals surface area contributed by atoms with Crippen molar-refractivity contribution in [3.05, 3.63) is 95.1 Å². The molecule has 0 unspecified atom stereocenters. The van der Waals surface area contributed by atoms with E-state index in [-0.39, 0.29) is 25.7 Å². The molecule has 0 amide bonds. The van der Waals surface area contributed by atoms with E-state index < -0.39 is 5.97 Å². The molecule has 1 saturated heterocycles. The summed E-state index contributed by atoms with van der Waals surface area (Å²) >= 11 is 0. The summed E-state index contributed by atoms with van der Waals surface area (Å²) in [5.74, 6) is 0.808. The van der Waals surface area contributed by atoms with Crippen LogP contribution in [0.25, 0.3) is 0 Å². The molecule has 0 saturated carbocycles. The molecule has 1 aliphatic heterocycles. The van der Waals surface area contributed by atoms with E-state index in [4.69, 9.17) is 14.6 Å². The van der Waals surface area contributed by atoms with Crippen molar-refractivity contribution < 1.29 is 39.7 Å². The first-order valence-corrected chi connectivity index (χ1v) is 10.9. The molecule has 6 heteroatoms. The Hall–Kier alpha value is -2.71. The Morgan fingerprint density at radius 1 is 0.909 bits per heavy atom. The van der Waals surface area contributed by atoms with Crippen LogP contribution in [-0.4, -0.2) is 43.3 Å². The number of hydrogen-bond donors (Lipinski definition) is 1. The van der Waals surface area contributed by atoms with Crippen LogP contribution in [-0.2, 0) is 12.0 Å². The molecule has 0 atom stereocenters. The van der Waals surface area contributed by atoms with E-state index in [0.717, 1.165) is 49.5 Å². The van der Waals surface area contributed by atoms with E-state index in [1.54, 1.807) is 26.4 Å². The van der Waals surface area contributed by atoms with Gasteiger partial charge in [-0.3, -0.25) is 4.90 Å². The molecule has 5 nitrogen and oxygen atoms in total. The maximum absolute atomic E-state index is 11.2. The number of piperidine rings is 1. The van der Waals surface area contributed by atoms with Crippen LogP contribution in [0, 0.1) is 0 Å². The van der Waals surface area contributed by atoms with Crippen molar-refractivity contribution in [1.29, 1.82) is 0 Å². The average Bonchev–Trinajstić information content (AvgIpc) is 2.84. The van der Waals surface area contributed by atoms with Crippen molar-refractivity contribution in [1.82, 2.24) is 4.90 Å². The minimum atomic E-state index is -0.896. The number of likely N-dealkylation sites (tertiary alicyclic amines) is 1. The van der Waals surface area contributed by atoms with Crippen LogP contribution in [0.4, 0.5) is 0 Å².